The molecule has 2 rings (SSSR count). The lowest BCUT2D eigenvalue weighted by molar-refractivity contribution is -0.118. The summed E-state index contributed by atoms with van der Waals surface area (Å²) in [4.78, 5) is 11.9. The first-order valence-electron chi connectivity index (χ1n) is 6.82. The minimum atomic E-state index is -0.208. The molecule has 0 spiro atoms. The zero-order valence-electron chi connectivity index (χ0n) is 12.0. The maximum Gasteiger partial charge on any atom is 0.263 e. The predicted octanol–water partition coefficient (Wildman–Crippen LogP) is 3.63. The highest BCUT2D eigenvalue weighted by Crippen LogP contribution is 2.18. The Labute approximate surface area is 132 Å². The topological polar surface area (TPSA) is 56.2 Å². The van der Waals surface area contributed by atoms with Gasteiger partial charge in [0.1, 0.15) is 11.6 Å². The average Bonchev–Trinajstić information content (AvgIpc) is 2.92. The molecule has 2 aromatic rings. The van der Waals surface area contributed by atoms with Crippen molar-refractivity contribution in [1.29, 1.82) is 0 Å². The number of aromatic nitrogens is 2. The molecule has 0 bridgehead atoms. The summed E-state index contributed by atoms with van der Waals surface area (Å²) in [6.07, 6.45) is 2.62. The zero-order valence-corrected chi connectivity index (χ0v) is 13.6. The van der Waals surface area contributed by atoms with E-state index in [0.29, 0.717) is 11.6 Å². The molecule has 0 aliphatic carbocycles. The van der Waals surface area contributed by atoms with Crippen LogP contribution in [0.3, 0.4) is 0 Å². The summed E-state index contributed by atoms with van der Waals surface area (Å²) in [5, 5.41) is 7.04. The van der Waals surface area contributed by atoms with Gasteiger partial charge in [0.2, 0.25) is 0 Å². The van der Waals surface area contributed by atoms with Crippen LogP contribution >= 0.6 is 15.9 Å². The molecule has 1 amide bonds. The molecule has 1 heterocycles. The van der Waals surface area contributed by atoms with E-state index in [1.54, 1.807) is 23.0 Å². The summed E-state index contributed by atoms with van der Waals surface area (Å²) in [5.74, 6) is 1.13. The number of carbonyl (C=O) groups is 1. The van der Waals surface area contributed by atoms with Crippen molar-refractivity contribution < 1.29 is 9.53 Å². The Morgan fingerprint density at radius 3 is 3.00 bits per heavy atom. The third-order valence-electron chi connectivity index (χ3n) is 3.11. The van der Waals surface area contributed by atoms with Crippen molar-refractivity contribution in [2.75, 3.05) is 11.9 Å². The summed E-state index contributed by atoms with van der Waals surface area (Å²) in [7, 11) is 0. The first-order chi connectivity index (χ1) is 10.1. The number of anilines is 1. The van der Waals surface area contributed by atoms with Crippen LogP contribution in [0.2, 0.25) is 0 Å². The maximum atomic E-state index is 11.9. The average molecular weight is 352 g/mol. The third kappa shape index (κ3) is 4.32. The number of halogens is 1. The van der Waals surface area contributed by atoms with Crippen molar-refractivity contribution in [3.63, 3.8) is 0 Å². The fourth-order valence-corrected chi connectivity index (χ4v) is 2.20. The molecule has 1 unspecified atom stereocenters. The number of carbonyl (C=O) groups excluding carboxylic acids is 1. The molecule has 1 aromatic carbocycles. The van der Waals surface area contributed by atoms with Crippen molar-refractivity contribution >= 4 is 27.7 Å². The van der Waals surface area contributed by atoms with Gasteiger partial charge in [0, 0.05) is 10.5 Å². The number of hydrogen-bond donors (Lipinski definition) is 1. The minimum Gasteiger partial charge on any atom is -0.484 e. The van der Waals surface area contributed by atoms with E-state index in [1.165, 1.54) is 0 Å². The van der Waals surface area contributed by atoms with Gasteiger partial charge in [0.25, 0.3) is 5.91 Å². The van der Waals surface area contributed by atoms with Crippen LogP contribution in [0.25, 0.3) is 0 Å². The summed E-state index contributed by atoms with van der Waals surface area (Å²) in [5.41, 5.74) is 0. The van der Waals surface area contributed by atoms with Gasteiger partial charge in [-0.25, -0.2) is 4.68 Å². The number of nitrogens with one attached hydrogen (secondary N) is 1. The van der Waals surface area contributed by atoms with Crippen LogP contribution in [-0.4, -0.2) is 22.3 Å². The maximum absolute atomic E-state index is 11.9. The van der Waals surface area contributed by atoms with Gasteiger partial charge in [-0.2, -0.15) is 5.10 Å². The molecule has 0 radical (unpaired) electrons. The van der Waals surface area contributed by atoms with Crippen LogP contribution in [-0.2, 0) is 4.79 Å². The predicted molar refractivity (Wildman–Crippen MR) is 85.5 cm³/mol. The molecule has 0 aliphatic rings. The van der Waals surface area contributed by atoms with E-state index < -0.39 is 0 Å². The van der Waals surface area contributed by atoms with Gasteiger partial charge >= 0.3 is 0 Å². The molecule has 112 valence electrons. The van der Waals surface area contributed by atoms with Gasteiger partial charge in [-0.3, -0.25) is 4.79 Å². The second kappa shape index (κ2) is 7.26. The number of hydrogen-bond acceptors (Lipinski definition) is 3. The Hall–Kier alpha value is -1.82. The Bertz CT molecular complexity index is 612. The normalized spacial score (nSPS) is 12.0. The molecular formula is C15H18BrN3O2. The molecule has 0 fully saturated rings. The summed E-state index contributed by atoms with van der Waals surface area (Å²) in [6.45, 7) is 4.09. The van der Waals surface area contributed by atoms with Gasteiger partial charge in [-0.05, 0) is 31.5 Å². The second-order valence-corrected chi connectivity index (χ2v) is 5.63. The van der Waals surface area contributed by atoms with Crippen molar-refractivity contribution in [3.8, 4) is 5.75 Å². The van der Waals surface area contributed by atoms with E-state index >= 15 is 0 Å². The van der Waals surface area contributed by atoms with E-state index in [9.17, 15) is 4.79 Å². The van der Waals surface area contributed by atoms with Crippen molar-refractivity contribution in [2.45, 2.75) is 26.3 Å². The van der Waals surface area contributed by atoms with Gasteiger partial charge in [0.15, 0.2) is 6.61 Å². The monoisotopic (exact) mass is 351 g/mol. The smallest absolute Gasteiger partial charge is 0.263 e. The number of amides is 1. The van der Waals surface area contributed by atoms with E-state index in [2.05, 4.69) is 40.2 Å². The second-order valence-electron chi connectivity index (χ2n) is 4.71. The number of nitrogens with zero attached hydrogens (tertiary/aromatic N) is 2. The highest BCUT2D eigenvalue weighted by Gasteiger charge is 2.11. The number of rotatable bonds is 6. The zero-order chi connectivity index (χ0) is 15.2. The van der Waals surface area contributed by atoms with E-state index in [4.69, 9.17) is 4.74 Å². The molecular weight excluding hydrogens is 334 g/mol. The summed E-state index contributed by atoms with van der Waals surface area (Å²) < 4.78 is 8.17. The molecule has 1 aromatic heterocycles. The minimum absolute atomic E-state index is 0.0395. The van der Waals surface area contributed by atoms with Crippen LogP contribution < -0.4 is 10.1 Å². The van der Waals surface area contributed by atoms with Crippen LogP contribution in [0.15, 0.2) is 41.0 Å². The standard InChI is InChI=1S/C15H18BrN3O2/c1-3-11(2)19-14(7-8-17-19)18-15(20)10-21-13-6-4-5-12(16)9-13/h4-9,11H,3,10H2,1-2H3,(H,18,20). The molecule has 1 N–H and O–H groups in total. The molecule has 0 saturated heterocycles. The molecule has 6 heteroatoms. The molecule has 21 heavy (non-hydrogen) atoms. The largest absolute Gasteiger partial charge is 0.484 e. The van der Waals surface area contributed by atoms with Crippen molar-refractivity contribution in [3.05, 3.63) is 41.0 Å². The third-order valence-corrected chi connectivity index (χ3v) is 3.61. The van der Waals surface area contributed by atoms with Crippen molar-refractivity contribution in [2.24, 2.45) is 0 Å². The fourth-order valence-electron chi connectivity index (χ4n) is 1.82. The molecule has 1 atom stereocenters. The highest BCUT2D eigenvalue weighted by atomic mass is 79.9. The Morgan fingerprint density at radius 2 is 2.29 bits per heavy atom. The van der Waals surface area contributed by atoms with Crippen LogP contribution in [0.1, 0.15) is 26.3 Å². The van der Waals surface area contributed by atoms with Gasteiger partial charge in [-0.15, -0.1) is 0 Å². The van der Waals surface area contributed by atoms with Crippen LogP contribution in [0, 0.1) is 0 Å². The van der Waals surface area contributed by atoms with Crippen molar-refractivity contribution in [1.82, 2.24) is 9.78 Å². The fraction of sp³-hybridized carbons (Fsp3) is 0.333. The lowest BCUT2D eigenvalue weighted by Gasteiger charge is -2.14. The summed E-state index contributed by atoms with van der Waals surface area (Å²) >= 11 is 3.36. The van der Waals surface area contributed by atoms with Gasteiger partial charge in [-0.1, -0.05) is 28.9 Å². The first-order valence-corrected chi connectivity index (χ1v) is 7.61. The Balaban J connectivity index is 1.92. The molecule has 0 saturated carbocycles. The number of ether oxygens (including phenoxy) is 1. The Kier molecular flexibility index (Phi) is 5.38. The molecule has 0 aliphatic heterocycles. The van der Waals surface area contributed by atoms with E-state index in [1.807, 2.05) is 18.2 Å². The summed E-state index contributed by atoms with van der Waals surface area (Å²) in [6, 6.07) is 9.40. The SMILES string of the molecule is CCC(C)n1nccc1NC(=O)COc1cccc(Br)c1. The van der Waals surface area contributed by atoms with Gasteiger partial charge < -0.3 is 10.1 Å². The van der Waals surface area contributed by atoms with Crippen LogP contribution in [0.5, 0.6) is 5.75 Å². The van der Waals surface area contributed by atoms with E-state index in [0.717, 1.165) is 10.9 Å². The molecule has 5 nitrogen and oxygen atoms in total. The first kappa shape index (κ1) is 15.6. The highest BCUT2D eigenvalue weighted by molar-refractivity contribution is 9.10. The van der Waals surface area contributed by atoms with E-state index in [-0.39, 0.29) is 18.6 Å². The lowest BCUT2D eigenvalue weighted by atomic mass is 10.3. The lowest BCUT2D eigenvalue weighted by Crippen LogP contribution is -2.22. The quantitative estimate of drug-likeness (QED) is 0.864. The Morgan fingerprint density at radius 1 is 1.48 bits per heavy atom. The number of benzene rings is 1. The van der Waals surface area contributed by atoms with Crippen LogP contribution in [0.4, 0.5) is 5.82 Å². The van der Waals surface area contributed by atoms with Gasteiger partial charge in [0.05, 0.1) is 12.2 Å².